The van der Waals surface area contributed by atoms with Gasteiger partial charge in [-0.2, -0.15) is 0 Å². The van der Waals surface area contributed by atoms with Crippen LogP contribution in [0, 0.1) is 13.8 Å². The zero-order chi connectivity index (χ0) is 13.1. The van der Waals surface area contributed by atoms with Crippen molar-refractivity contribution in [3.63, 3.8) is 0 Å². The Labute approximate surface area is 110 Å². The van der Waals surface area contributed by atoms with Gasteiger partial charge in [-0.25, -0.2) is 0 Å². The fraction of sp³-hybridized carbons (Fsp3) is 0.600. The molecule has 0 spiro atoms. The molecule has 0 saturated carbocycles. The van der Waals surface area contributed by atoms with Crippen molar-refractivity contribution in [2.45, 2.75) is 26.3 Å². The molecule has 1 atom stereocenters. The van der Waals surface area contributed by atoms with Crippen molar-refractivity contribution >= 4 is 5.69 Å². The highest BCUT2D eigenvalue weighted by Crippen LogP contribution is 2.23. The van der Waals surface area contributed by atoms with Gasteiger partial charge in [0.25, 0.3) is 0 Å². The van der Waals surface area contributed by atoms with Gasteiger partial charge in [0.05, 0.1) is 6.61 Å². The fourth-order valence-corrected chi connectivity index (χ4v) is 2.75. The molecule has 2 rings (SSSR count). The van der Waals surface area contributed by atoms with Crippen LogP contribution in [0.1, 0.15) is 17.5 Å². The molecule has 3 heteroatoms. The molecular formula is C15H24N2O. The Bertz CT molecular complexity index is 405. The van der Waals surface area contributed by atoms with Crippen LogP contribution in [0.2, 0.25) is 0 Å². The third-order valence-corrected chi connectivity index (χ3v) is 3.90. The summed E-state index contributed by atoms with van der Waals surface area (Å²) >= 11 is 0. The average molecular weight is 248 g/mol. The summed E-state index contributed by atoms with van der Waals surface area (Å²) in [7, 11) is 2.10. The van der Waals surface area contributed by atoms with E-state index in [9.17, 15) is 5.11 Å². The molecule has 1 aromatic carbocycles. The first-order valence-electron chi connectivity index (χ1n) is 6.75. The van der Waals surface area contributed by atoms with Gasteiger partial charge in [0.2, 0.25) is 0 Å². The van der Waals surface area contributed by atoms with Gasteiger partial charge >= 0.3 is 0 Å². The number of anilines is 1. The molecule has 1 heterocycles. The topological polar surface area (TPSA) is 26.7 Å². The van der Waals surface area contributed by atoms with Gasteiger partial charge in [0.1, 0.15) is 0 Å². The van der Waals surface area contributed by atoms with Crippen LogP contribution < -0.4 is 4.90 Å². The Kier molecular flexibility index (Phi) is 4.25. The maximum atomic E-state index is 9.50. The molecule has 3 nitrogen and oxygen atoms in total. The summed E-state index contributed by atoms with van der Waals surface area (Å²) in [6, 6.07) is 6.86. The van der Waals surface area contributed by atoms with Gasteiger partial charge in [0.15, 0.2) is 0 Å². The highest BCUT2D eigenvalue weighted by atomic mass is 16.3. The molecule has 1 unspecified atom stereocenters. The Hall–Kier alpha value is -1.06. The second kappa shape index (κ2) is 5.72. The summed E-state index contributed by atoms with van der Waals surface area (Å²) in [6.45, 7) is 7.58. The van der Waals surface area contributed by atoms with Gasteiger partial charge < -0.3 is 10.0 Å². The number of hydrogen-bond acceptors (Lipinski definition) is 3. The summed E-state index contributed by atoms with van der Waals surface area (Å²) in [5.41, 5.74) is 3.95. The van der Waals surface area contributed by atoms with Crippen molar-refractivity contribution in [1.82, 2.24) is 4.90 Å². The lowest BCUT2D eigenvalue weighted by molar-refractivity contribution is 0.159. The molecule has 1 aliphatic rings. The minimum Gasteiger partial charge on any atom is -0.395 e. The smallest absolute Gasteiger partial charge is 0.0603 e. The van der Waals surface area contributed by atoms with Crippen LogP contribution >= 0.6 is 0 Å². The first-order valence-corrected chi connectivity index (χ1v) is 6.75. The van der Waals surface area contributed by atoms with Gasteiger partial charge in [-0.1, -0.05) is 17.7 Å². The van der Waals surface area contributed by atoms with Crippen molar-refractivity contribution in [1.29, 1.82) is 0 Å². The number of aliphatic hydroxyl groups excluding tert-OH is 1. The second-order valence-electron chi connectivity index (χ2n) is 5.41. The van der Waals surface area contributed by atoms with Gasteiger partial charge in [0, 0.05) is 24.8 Å². The highest BCUT2D eigenvalue weighted by Gasteiger charge is 2.22. The summed E-state index contributed by atoms with van der Waals surface area (Å²) < 4.78 is 0. The predicted molar refractivity (Wildman–Crippen MR) is 76.2 cm³/mol. The number of nitrogens with zero attached hydrogens (tertiary/aromatic N) is 2. The molecule has 1 N–H and O–H groups in total. The van der Waals surface area contributed by atoms with Crippen molar-refractivity contribution in [2.75, 3.05) is 38.2 Å². The summed E-state index contributed by atoms with van der Waals surface area (Å²) in [5, 5.41) is 9.50. The average Bonchev–Trinajstić information content (AvgIpc) is 2.51. The molecule has 100 valence electrons. The maximum absolute atomic E-state index is 9.50. The van der Waals surface area contributed by atoms with E-state index in [1.165, 1.54) is 16.8 Å². The maximum Gasteiger partial charge on any atom is 0.0603 e. The van der Waals surface area contributed by atoms with Crippen LogP contribution in [-0.2, 0) is 0 Å². The first-order chi connectivity index (χ1) is 8.61. The zero-order valence-electron chi connectivity index (χ0n) is 11.7. The zero-order valence-corrected chi connectivity index (χ0v) is 11.7. The van der Waals surface area contributed by atoms with E-state index >= 15 is 0 Å². The molecule has 0 aromatic heterocycles. The molecule has 1 aromatic rings. The normalized spacial score (nSPS) is 22.0. The second-order valence-corrected chi connectivity index (χ2v) is 5.41. The first kappa shape index (κ1) is 13.4. The van der Waals surface area contributed by atoms with Crippen molar-refractivity contribution in [3.05, 3.63) is 29.3 Å². The van der Waals surface area contributed by atoms with Crippen LogP contribution in [0.25, 0.3) is 0 Å². The van der Waals surface area contributed by atoms with E-state index in [0.29, 0.717) is 0 Å². The van der Waals surface area contributed by atoms with Crippen LogP contribution in [0.15, 0.2) is 18.2 Å². The monoisotopic (exact) mass is 248 g/mol. The van der Waals surface area contributed by atoms with E-state index in [2.05, 4.69) is 48.9 Å². The largest absolute Gasteiger partial charge is 0.395 e. The number of benzene rings is 1. The summed E-state index contributed by atoms with van der Waals surface area (Å²) in [4.78, 5) is 4.68. The number of hydrogen-bond donors (Lipinski definition) is 1. The van der Waals surface area contributed by atoms with E-state index in [-0.39, 0.29) is 12.6 Å². The fourth-order valence-electron chi connectivity index (χ4n) is 2.75. The van der Waals surface area contributed by atoms with E-state index in [1.54, 1.807) is 0 Å². The summed E-state index contributed by atoms with van der Waals surface area (Å²) in [6.07, 6.45) is 1.15. The third-order valence-electron chi connectivity index (χ3n) is 3.90. The Morgan fingerprint density at radius 1 is 1.28 bits per heavy atom. The number of likely N-dealkylation sites (N-methyl/N-ethyl adjacent to an activating group) is 1. The van der Waals surface area contributed by atoms with Crippen LogP contribution in [0.5, 0.6) is 0 Å². The minimum atomic E-state index is 0.234. The molecule has 1 fully saturated rings. The molecule has 0 radical (unpaired) electrons. The molecule has 1 aliphatic heterocycles. The van der Waals surface area contributed by atoms with Crippen LogP contribution in [0.4, 0.5) is 5.69 Å². The highest BCUT2D eigenvalue weighted by molar-refractivity contribution is 5.54. The van der Waals surface area contributed by atoms with Gasteiger partial charge in [-0.15, -0.1) is 0 Å². The molecule has 0 amide bonds. The van der Waals surface area contributed by atoms with Crippen LogP contribution in [-0.4, -0.2) is 49.3 Å². The summed E-state index contributed by atoms with van der Waals surface area (Å²) in [5.74, 6) is 0. The molecule has 0 bridgehead atoms. The Morgan fingerprint density at radius 3 is 2.72 bits per heavy atom. The quantitative estimate of drug-likeness (QED) is 0.864. The predicted octanol–water partition coefficient (Wildman–Crippen LogP) is 1.81. The van der Waals surface area contributed by atoms with Crippen molar-refractivity contribution in [2.24, 2.45) is 0 Å². The lowest BCUT2D eigenvalue weighted by Gasteiger charge is -2.29. The molecular weight excluding hydrogens is 224 g/mol. The Morgan fingerprint density at radius 2 is 2.06 bits per heavy atom. The molecule has 0 aliphatic carbocycles. The van der Waals surface area contributed by atoms with E-state index in [4.69, 9.17) is 0 Å². The van der Waals surface area contributed by atoms with E-state index in [0.717, 1.165) is 26.1 Å². The lowest BCUT2D eigenvalue weighted by atomic mass is 10.1. The van der Waals surface area contributed by atoms with E-state index < -0.39 is 0 Å². The third kappa shape index (κ3) is 2.85. The Balaban J connectivity index is 2.21. The van der Waals surface area contributed by atoms with Crippen LogP contribution in [0.3, 0.4) is 0 Å². The number of aliphatic hydroxyl groups is 1. The van der Waals surface area contributed by atoms with Gasteiger partial charge in [-0.3, -0.25) is 4.90 Å². The lowest BCUT2D eigenvalue weighted by Crippen LogP contribution is -2.41. The van der Waals surface area contributed by atoms with Crippen molar-refractivity contribution in [3.8, 4) is 0 Å². The van der Waals surface area contributed by atoms with Crippen molar-refractivity contribution < 1.29 is 5.11 Å². The number of aryl methyl sites for hydroxylation is 2. The molecule has 1 saturated heterocycles. The SMILES string of the molecule is Cc1ccc(N2CCCN(C)C(CO)C2)c(C)c1. The molecule has 18 heavy (non-hydrogen) atoms. The van der Waals surface area contributed by atoms with Gasteiger partial charge in [-0.05, 0) is 45.5 Å². The number of rotatable bonds is 2. The standard InChI is InChI=1S/C15H24N2O/c1-12-5-6-15(13(2)9-12)17-8-4-7-16(3)14(10-17)11-18/h5-6,9,14,18H,4,7-8,10-11H2,1-3H3. The minimum absolute atomic E-state index is 0.234. The van der Waals surface area contributed by atoms with E-state index in [1.807, 2.05) is 0 Å².